The first-order valence-electron chi connectivity index (χ1n) is 8.16. The van der Waals surface area contributed by atoms with E-state index in [0.29, 0.717) is 40.7 Å². The number of aryl methyl sites for hydroxylation is 1. The van der Waals surface area contributed by atoms with E-state index in [1.165, 1.54) is 0 Å². The van der Waals surface area contributed by atoms with Crippen molar-refractivity contribution in [2.75, 3.05) is 20.2 Å². The maximum absolute atomic E-state index is 12.6. The molecule has 5 nitrogen and oxygen atoms in total. The lowest BCUT2D eigenvalue weighted by Gasteiger charge is -2.16. The Morgan fingerprint density at radius 3 is 2.56 bits per heavy atom. The molecule has 0 spiro atoms. The van der Waals surface area contributed by atoms with Gasteiger partial charge in [-0.25, -0.2) is 4.79 Å². The SMILES string of the molecule is CCOC(=O)c1c(C)[nH]c(C(=O)CN(C)Cc2ccccc2Cl)c1C. The number of ketones is 1. The fourth-order valence-corrected chi connectivity index (χ4v) is 3.03. The van der Waals surface area contributed by atoms with E-state index in [9.17, 15) is 9.59 Å². The first-order chi connectivity index (χ1) is 11.8. The van der Waals surface area contributed by atoms with Crippen LogP contribution in [0.3, 0.4) is 0 Å². The second-order valence-corrected chi connectivity index (χ2v) is 6.44. The molecule has 1 aromatic carbocycles. The lowest BCUT2D eigenvalue weighted by atomic mass is 10.1. The number of Topliss-reactive ketones (excluding diaryl/α,β-unsaturated/α-hetero) is 1. The average Bonchev–Trinajstić information content (AvgIpc) is 2.84. The van der Waals surface area contributed by atoms with Gasteiger partial charge in [0.1, 0.15) is 0 Å². The number of carbonyl (C=O) groups excluding carboxylic acids is 2. The summed E-state index contributed by atoms with van der Waals surface area (Å²) < 4.78 is 5.06. The Morgan fingerprint density at radius 2 is 1.92 bits per heavy atom. The number of aromatic nitrogens is 1. The van der Waals surface area contributed by atoms with Crippen molar-refractivity contribution in [3.63, 3.8) is 0 Å². The lowest BCUT2D eigenvalue weighted by molar-refractivity contribution is 0.0525. The molecule has 2 rings (SSSR count). The van der Waals surface area contributed by atoms with Crippen LogP contribution in [0.2, 0.25) is 5.02 Å². The summed E-state index contributed by atoms with van der Waals surface area (Å²) in [7, 11) is 1.86. The molecule has 0 saturated heterocycles. The van der Waals surface area contributed by atoms with Crippen molar-refractivity contribution < 1.29 is 14.3 Å². The van der Waals surface area contributed by atoms with Crippen molar-refractivity contribution in [3.8, 4) is 0 Å². The molecule has 0 aliphatic rings. The van der Waals surface area contributed by atoms with Crippen LogP contribution in [0.4, 0.5) is 0 Å². The molecule has 1 aromatic heterocycles. The van der Waals surface area contributed by atoms with Gasteiger partial charge in [-0.15, -0.1) is 0 Å². The summed E-state index contributed by atoms with van der Waals surface area (Å²) in [6, 6.07) is 7.56. The van der Waals surface area contributed by atoms with Crippen LogP contribution in [0.25, 0.3) is 0 Å². The fraction of sp³-hybridized carbons (Fsp3) is 0.368. The van der Waals surface area contributed by atoms with Crippen LogP contribution in [0.1, 0.15) is 44.6 Å². The summed E-state index contributed by atoms with van der Waals surface area (Å²) in [5.74, 6) is -0.483. The van der Waals surface area contributed by atoms with Crippen LogP contribution in [-0.4, -0.2) is 41.8 Å². The molecule has 2 aromatic rings. The summed E-state index contributed by atoms with van der Waals surface area (Å²) >= 11 is 6.17. The number of likely N-dealkylation sites (N-methyl/N-ethyl adjacent to an activating group) is 1. The van der Waals surface area contributed by atoms with E-state index in [1.54, 1.807) is 20.8 Å². The summed E-state index contributed by atoms with van der Waals surface area (Å²) in [4.78, 5) is 29.6. The first-order valence-corrected chi connectivity index (χ1v) is 8.54. The third-order valence-corrected chi connectivity index (χ3v) is 4.38. The van der Waals surface area contributed by atoms with Crippen molar-refractivity contribution in [2.24, 2.45) is 0 Å². The summed E-state index contributed by atoms with van der Waals surface area (Å²) in [5.41, 5.74) is 3.14. The quantitative estimate of drug-likeness (QED) is 0.601. The highest BCUT2D eigenvalue weighted by Crippen LogP contribution is 2.21. The zero-order valence-electron chi connectivity index (χ0n) is 15.0. The standard InChI is InChI=1S/C19H23ClN2O3/c1-5-25-19(24)17-12(2)18(21-13(17)3)16(23)11-22(4)10-14-8-6-7-9-15(14)20/h6-9,21H,5,10-11H2,1-4H3. The number of nitrogens with zero attached hydrogens (tertiary/aromatic N) is 1. The molecule has 0 aliphatic carbocycles. The van der Waals surface area contributed by atoms with Gasteiger partial charge in [0, 0.05) is 17.3 Å². The highest BCUT2D eigenvalue weighted by atomic mass is 35.5. The minimum atomic E-state index is -0.405. The molecule has 25 heavy (non-hydrogen) atoms. The topological polar surface area (TPSA) is 62.4 Å². The van der Waals surface area contributed by atoms with E-state index in [-0.39, 0.29) is 12.3 Å². The van der Waals surface area contributed by atoms with Crippen molar-refractivity contribution in [2.45, 2.75) is 27.3 Å². The number of halogens is 1. The number of benzene rings is 1. The van der Waals surface area contributed by atoms with Gasteiger partial charge in [0.2, 0.25) is 0 Å². The second kappa shape index (κ2) is 8.32. The van der Waals surface area contributed by atoms with Crippen LogP contribution in [-0.2, 0) is 11.3 Å². The number of nitrogens with one attached hydrogen (secondary N) is 1. The number of hydrogen-bond donors (Lipinski definition) is 1. The highest BCUT2D eigenvalue weighted by molar-refractivity contribution is 6.31. The van der Waals surface area contributed by atoms with Gasteiger partial charge >= 0.3 is 5.97 Å². The van der Waals surface area contributed by atoms with E-state index in [2.05, 4.69) is 4.98 Å². The molecular formula is C19H23ClN2O3. The first kappa shape index (κ1) is 19.2. The predicted molar refractivity (Wildman–Crippen MR) is 98.3 cm³/mol. The zero-order valence-corrected chi connectivity index (χ0v) is 15.7. The summed E-state index contributed by atoms with van der Waals surface area (Å²) in [5, 5.41) is 0.679. The predicted octanol–water partition coefficient (Wildman–Crippen LogP) is 3.78. The molecule has 0 saturated carbocycles. The molecule has 0 radical (unpaired) electrons. The number of rotatable bonds is 7. The molecule has 0 atom stereocenters. The molecule has 0 aliphatic heterocycles. The van der Waals surface area contributed by atoms with Crippen LogP contribution in [0.5, 0.6) is 0 Å². The molecular weight excluding hydrogens is 340 g/mol. The molecule has 0 fully saturated rings. The smallest absolute Gasteiger partial charge is 0.340 e. The van der Waals surface area contributed by atoms with E-state index in [0.717, 1.165) is 5.56 Å². The number of esters is 1. The molecule has 0 bridgehead atoms. The Bertz CT molecular complexity index is 783. The number of H-pyrrole nitrogens is 1. The molecule has 6 heteroatoms. The lowest BCUT2D eigenvalue weighted by Crippen LogP contribution is -2.26. The Balaban J connectivity index is 2.12. The van der Waals surface area contributed by atoms with Gasteiger partial charge in [0.05, 0.1) is 24.4 Å². The maximum atomic E-state index is 12.6. The minimum absolute atomic E-state index is 0.0781. The van der Waals surface area contributed by atoms with Crippen LogP contribution in [0.15, 0.2) is 24.3 Å². The Morgan fingerprint density at radius 1 is 1.24 bits per heavy atom. The Labute approximate surface area is 152 Å². The van der Waals surface area contributed by atoms with Crippen molar-refractivity contribution in [1.82, 2.24) is 9.88 Å². The normalized spacial score (nSPS) is 11.0. The Kier molecular flexibility index (Phi) is 6.39. The zero-order chi connectivity index (χ0) is 18.6. The maximum Gasteiger partial charge on any atom is 0.340 e. The molecule has 1 heterocycles. The monoisotopic (exact) mass is 362 g/mol. The number of hydrogen-bond acceptors (Lipinski definition) is 4. The third-order valence-electron chi connectivity index (χ3n) is 4.01. The van der Waals surface area contributed by atoms with Crippen LogP contribution < -0.4 is 0 Å². The van der Waals surface area contributed by atoms with E-state index in [4.69, 9.17) is 16.3 Å². The van der Waals surface area contributed by atoms with Crippen LogP contribution in [0, 0.1) is 13.8 Å². The van der Waals surface area contributed by atoms with Crippen molar-refractivity contribution in [3.05, 3.63) is 57.4 Å². The Hall–Kier alpha value is -2.11. The number of carbonyl (C=O) groups is 2. The summed E-state index contributed by atoms with van der Waals surface area (Å²) in [6.07, 6.45) is 0. The minimum Gasteiger partial charge on any atom is -0.462 e. The van der Waals surface area contributed by atoms with Crippen LogP contribution >= 0.6 is 11.6 Å². The van der Waals surface area contributed by atoms with Gasteiger partial charge in [-0.05, 0) is 45.0 Å². The molecule has 0 amide bonds. The van der Waals surface area contributed by atoms with Crippen molar-refractivity contribution in [1.29, 1.82) is 0 Å². The van der Waals surface area contributed by atoms with Gasteiger partial charge in [-0.3, -0.25) is 9.69 Å². The molecule has 1 N–H and O–H groups in total. The van der Waals surface area contributed by atoms with Gasteiger partial charge in [-0.1, -0.05) is 29.8 Å². The summed E-state index contributed by atoms with van der Waals surface area (Å²) in [6.45, 7) is 6.36. The number of ether oxygens (including phenoxy) is 1. The van der Waals surface area contributed by atoms with E-state index in [1.807, 2.05) is 36.2 Å². The van der Waals surface area contributed by atoms with E-state index < -0.39 is 5.97 Å². The largest absolute Gasteiger partial charge is 0.462 e. The third kappa shape index (κ3) is 4.50. The second-order valence-electron chi connectivity index (χ2n) is 6.03. The van der Waals surface area contributed by atoms with E-state index >= 15 is 0 Å². The van der Waals surface area contributed by atoms with Crippen molar-refractivity contribution >= 4 is 23.4 Å². The van der Waals surface area contributed by atoms with Gasteiger partial charge in [0.15, 0.2) is 5.78 Å². The van der Waals surface area contributed by atoms with Gasteiger partial charge in [-0.2, -0.15) is 0 Å². The molecule has 0 unspecified atom stereocenters. The fourth-order valence-electron chi connectivity index (χ4n) is 2.84. The highest BCUT2D eigenvalue weighted by Gasteiger charge is 2.23. The number of aromatic amines is 1. The molecule has 134 valence electrons. The van der Waals surface area contributed by atoms with Gasteiger partial charge < -0.3 is 9.72 Å². The van der Waals surface area contributed by atoms with Gasteiger partial charge in [0.25, 0.3) is 0 Å². The average molecular weight is 363 g/mol.